The van der Waals surface area contributed by atoms with Gasteiger partial charge in [0.05, 0.1) is 53.8 Å². The maximum atomic E-state index is 16.5. The number of fused-ring (bicyclic) bond motifs is 15. The highest BCUT2D eigenvalue weighted by Crippen LogP contribution is 2.50. The fourth-order valence-corrected chi connectivity index (χ4v) is 17.5. The molecule has 7 aliphatic heterocycles. The summed E-state index contributed by atoms with van der Waals surface area (Å²) in [5.74, 6) is -14.4. The van der Waals surface area contributed by atoms with Crippen LogP contribution in [-0.2, 0) is 73.9 Å². The molecule has 2 saturated heterocycles. The van der Waals surface area contributed by atoms with Crippen molar-refractivity contribution >= 4 is 74.9 Å². The first kappa shape index (κ1) is 98.7. The van der Waals surface area contributed by atoms with E-state index in [1.165, 1.54) is 77.2 Å². The molecule has 0 radical (unpaired) electrons. The van der Waals surface area contributed by atoms with E-state index in [2.05, 4.69) is 59.5 Å². The van der Waals surface area contributed by atoms with E-state index in [0.717, 1.165) is 61.7 Å². The van der Waals surface area contributed by atoms with Crippen LogP contribution < -0.4 is 83.0 Å². The van der Waals surface area contributed by atoms with Crippen molar-refractivity contribution in [2.24, 2.45) is 17.4 Å². The number of benzene rings is 6. The Kier molecular flexibility index (Phi) is 33.0. The van der Waals surface area contributed by atoms with Gasteiger partial charge in [0.15, 0.2) is 29.9 Å². The Morgan fingerprint density at radius 3 is 2.01 bits per heavy atom. The second-order valence-electron chi connectivity index (χ2n) is 33.3. The Morgan fingerprint density at radius 2 is 1.36 bits per heavy atom. The molecule has 129 heavy (non-hydrogen) atoms. The number of hydrogen-bond donors (Lipinski definition) is 21. The van der Waals surface area contributed by atoms with E-state index >= 15 is 24.0 Å². The van der Waals surface area contributed by atoms with Crippen molar-refractivity contribution in [1.82, 2.24) is 52.6 Å². The Hall–Kier alpha value is -10.9. The molecule has 39 nitrogen and oxygen atoms in total. The van der Waals surface area contributed by atoms with Crippen molar-refractivity contribution in [1.29, 1.82) is 0 Å². The molecule has 0 spiro atoms. The number of primary amides is 1. The number of hydrogen-bond acceptors (Lipinski definition) is 29. The third kappa shape index (κ3) is 23.5. The number of ether oxygens (including phenoxy) is 7. The number of phenolic OH excluding ortho intramolecular Hbond substituents is 2. The number of aliphatic hydroxyl groups excluding tert-OH is 6. The number of carboxylic acids is 1. The Labute approximate surface area is 748 Å². The second-order valence-corrected chi connectivity index (χ2v) is 35.4. The van der Waals surface area contributed by atoms with Crippen LogP contribution in [0.2, 0.25) is 5.02 Å². The van der Waals surface area contributed by atoms with E-state index in [0.29, 0.717) is 44.6 Å². The van der Waals surface area contributed by atoms with E-state index in [-0.39, 0.29) is 92.6 Å². The zero-order chi connectivity index (χ0) is 93.8. The lowest BCUT2D eigenvalue weighted by Crippen LogP contribution is -2.66. The number of nitrogens with two attached hydrogens (primary N) is 2. The average molecular weight is 1840 g/mol. The van der Waals surface area contributed by atoms with Crippen molar-refractivity contribution in [2.45, 2.75) is 233 Å². The van der Waals surface area contributed by atoms with Gasteiger partial charge >= 0.3 is 5.97 Å². The number of rotatable bonds is 31. The van der Waals surface area contributed by atoms with Crippen molar-refractivity contribution in [3.63, 3.8) is 0 Å². The normalized spacial score (nSPS) is 25.7. The molecule has 7 aliphatic rings. The zero-order valence-corrected chi connectivity index (χ0v) is 73.8. The summed E-state index contributed by atoms with van der Waals surface area (Å²) in [7, 11) is -2.34. The zero-order valence-electron chi connectivity index (χ0n) is 72.3. The van der Waals surface area contributed by atoms with Crippen LogP contribution in [0, 0.1) is 19.8 Å². The van der Waals surface area contributed by atoms with Crippen molar-refractivity contribution in [3.05, 3.63) is 147 Å². The van der Waals surface area contributed by atoms with Gasteiger partial charge in [0.2, 0.25) is 69.3 Å². The number of halogens is 1. The number of carbonyl (C=O) groups is 9. The molecule has 41 heteroatoms. The van der Waals surface area contributed by atoms with Crippen LogP contribution in [0.5, 0.6) is 46.0 Å². The first-order chi connectivity index (χ1) is 61.3. The van der Waals surface area contributed by atoms with Gasteiger partial charge in [-0.15, -0.1) is 0 Å². The maximum Gasteiger partial charge on any atom is 0.330 e. The van der Waals surface area contributed by atoms with Crippen LogP contribution in [0.1, 0.15) is 174 Å². The number of likely N-dealkylation sites (N-methyl/N-ethyl adjacent to an activating group) is 1. The highest BCUT2D eigenvalue weighted by atomic mass is 35.5. The molecule has 6 aromatic rings. The minimum atomic E-state index is -3.83. The third-order valence-corrected chi connectivity index (χ3v) is 25.0. The van der Waals surface area contributed by atoms with Crippen LogP contribution in [0.4, 0.5) is 0 Å². The summed E-state index contributed by atoms with van der Waals surface area (Å²) in [4.78, 5) is 133. The van der Waals surface area contributed by atoms with Gasteiger partial charge in [0, 0.05) is 30.6 Å². The largest absolute Gasteiger partial charge is 0.508 e. The molecule has 0 saturated carbocycles. The van der Waals surface area contributed by atoms with E-state index in [9.17, 15) is 73.6 Å². The molecule has 18 atom stereocenters. The number of nitrogens with one attached hydrogen (secondary N) is 10. The topological polar surface area (TPSA) is 607 Å². The minimum absolute atomic E-state index is 0.0508. The van der Waals surface area contributed by atoms with Crippen molar-refractivity contribution in [3.8, 4) is 57.1 Å². The predicted octanol–water partition coefficient (Wildman–Crippen LogP) is 2.68. The van der Waals surface area contributed by atoms with E-state index in [1.807, 2.05) is 13.8 Å². The maximum absolute atomic E-state index is 16.5. The van der Waals surface area contributed by atoms with Gasteiger partial charge in [0.25, 0.3) is 0 Å². The quantitative estimate of drug-likeness (QED) is 0.0278. The smallest absolute Gasteiger partial charge is 0.330 e. The summed E-state index contributed by atoms with van der Waals surface area (Å²) < 4.78 is 73.9. The Morgan fingerprint density at radius 1 is 0.713 bits per heavy atom. The van der Waals surface area contributed by atoms with Crippen LogP contribution in [-0.4, -0.2) is 226 Å². The number of unbranched alkanes of at least 4 members (excludes halogenated alkanes) is 5. The van der Waals surface area contributed by atoms with Gasteiger partial charge in [-0.05, 0) is 196 Å². The number of aliphatic carboxylic acids is 1. The van der Waals surface area contributed by atoms with Crippen LogP contribution >= 0.6 is 11.6 Å². The van der Waals surface area contributed by atoms with Gasteiger partial charge in [-0.1, -0.05) is 76.3 Å². The highest BCUT2D eigenvalue weighted by molar-refractivity contribution is 7.89. The summed E-state index contributed by atoms with van der Waals surface area (Å²) in [6, 6.07) is 6.00. The minimum Gasteiger partial charge on any atom is -0.508 e. The molecule has 11 bridgehead atoms. The first-order valence-electron chi connectivity index (χ1n) is 42.5. The molecule has 0 aliphatic carbocycles. The number of carboxylic acid groups (broad SMARTS) is 1. The van der Waals surface area contributed by atoms with Gasteiger partial charge in [-0.3, -0.25) is 38.4 Å². The predicted molar refractivity (Wildman–Crippen MR) is 462 cm³/mol. The van der Waals surface area contributed by atoms with E-state index < -0.39 is 237 Å². The second kappa shape index (κ2) is 43.2. The molecule has 8 amide bonds. The molecule has 0 aromatic heterocycles. The molecule has 7 heterocycles. The molecule has 23 N–H and O–H groups in total. The van der Waals surface area contributed by atoms with E-state index in [4.69, 9.17) is 56.2 Å². The van der Waals surface area contributed by atoms with Crippen molar-refractivity contribution in [2.75, 3.05) is 39.9 Å². The lowest BCUT2D eigenvalue weighted by Gasteiger charge is -2.48. The Bertz CT molecular complexity index is 5230. The van der Waals surface area contributed by atoms with Crippen molar-refractivity contribution < 1.29 is 131 Å². The Balaban J connectivity index is 1.04. The van der Waals surface area contributed by atoms with Gasteiger partial charge < -0.3 is 138 Å². The number of sulfonamides is 1. The lowest BCUT2D eigenvalue weighted by molar-refractivity contribution is -0.334. The molecule has 6 aromatic carbocycles. The van der Waals surface area contributed by atoms with Gasteiger partial charge in [0.1, 0.15) is 95.6 Å². The van der Waals surface area contributed by atoms with Gasteiger partial charge in [-0.25, -0.2) is 17.9 Å². The summed E-state index contributed by atoms with van der Waals surface area (Å²) in [6.45, 7) is 11.0. The molecule has 700 valence electrons. The van der Waals surface area contributed by atoms with Crippen LogP contribution in [0.25, 0.3) is 11.1 Å². The number of phenols is 2. The average Bonchev–Trinajstić information content (AvgIpc) is 0.755. The number of carbonyl (C=O) groups excluding carboxylic acids is 8. The van der Waals surface area contributed by atoms with Crippen LogP contribution in [0.3, 0.4) is 0 Å². The summed E-state index contributed by atoms with van der Waals surface area (Å²) >= 11 is 7.21. The monoisotopic (exact) mass is 1840 g/mol. The van der Waals surface area contributed by atoms with Crippen LogP contribution in [0.15, 0.2) is 102 Å². The lowest BCUT2D eigenvalue weighted by atomic mass is 9.85. The number of aliphatic hydroxyl groups is 6. The highest BCUT2D eigenvalue weighted by Gasteiger charge is 2.53. The van der Waals surface area contributed by atoms with Gasteiger partial charge in [-0.2, -0.15) is 0 Å². The molecule has 0 unspecified atom stereocenters. The third-order valence-electron chi connectivity index (χ3n) is 23.2. The summed E-state index contributed by atoms with van der Waals surface area (Å²) in [6.07, 6.45) is -14.2. The fraction of sp³-hybridized carbons (Fsp3) is 0.489. The SMILES string of the molecule is CCCCCOc1ccc(S(=O)(=O)NCCCCCCNCc2c(O)cc3c(c2C)-c2cc(ccc2O)[C@H]2NC(=O)[C@@H]4NC(=O)[C@H](CC(N)=O)NC(=O)[C@H](NC(=O)[C@@H](CC(C)C)NC)[C@H](O)c5ccc(c(C)c5)Oc5cc4cc(c5O[C@@H]4O[C@H](CO)[C@@H](O)[C@H](O)[C@H]4O[C@H]4C[C@](C)(NC(=O)CN)[C@H](O)[C@H](C)O4)Oc4ccc(cc4Cl)[C@@H](O)[C@H](NC2=O)C(=O)N[C@@H]3C(=O)O)cc1. The molecular formula is C88H113ClN12O27S. The number of aromatic hydroxyl groups is 2. The summed E-state index contributed by atoms with van der Waals surface area (Å²) in [5.41, 5.74) is 8.58. The molecule has 13 rings (SSSR count). The summed E-state index contributed by atoms with van der Waals surface area (Å²) in [5, 5.41) is 130. The number of aryl methyl sites for hydroxylation is 1. The molecular weight excluding hydrogens is 1720 g/mol. The standard InChI is InChI=1S/C88H113ClN12O27S/c1-9-10-15-28-122-49-19-21-50(22-20-49)129(120,121)94-27-14-12-11-13-26-93-39-53-43(5)67-51-31-45(16-23-57(51)103)68-82(114)100-72(85(117)98-70(86(118)119)52(67)35-58(53)104)74(108)47-18-25-60(54(89)32-47)125-62-34-48-33-61(77(62)128-87-78(76(110)75(109)63(40-102)126-87)127-66-37-88(7,101-65(106)38-90)79(111)44(6)123-66)124-59-24-17-46(30-42(59)4)73(107)71(99-80(112)55(92-8)29-41(2)3)84(116)95-56(36-64(91)105)81(113)96-69(48)83(115)97-68/h16-25,30-35,41,44,55-56,63,66,68-76,78-79,87,92-94,102-104,107-111H,9-15,26-29,36-40,90H2,1-8H3,(H2,91,105)(H,95,116)(H,96,113)(H,97,115)(H,98,117)(H,99,112)(H,100,114)(H,101,106)(H,118,119)/t44-,55+,56-,63+,66-,68+,69+,70-,71+,72-,73+,74+,75+,76-,78+,79+,87-,88-/m0/s1. The fourth-order valence-electron chi connectivity index (χ4n) is 16.2. The molecule has 2 fully saturated rings. The number of amides is 8. The van der Waals surface area contributed by atoms with E-state index in [1.54, 1.807) is 12.1 Å². The first-order valence-corrected chi connectivity index (χ1v) is 44.3.